The highest BCUT2D eigenvalue weighted by Crippen LogP contribution is 2.33. The molecule has 0 radical (unpaired) electrons. The first-order valence-corrected chi connectivity index (χ1v) is 26.2. The average molecular weight is 981 g/mol. The second kappa shape index (κ2) is 21.7. The van der Waals surface area contributed by atoms with Crippen LogP contribution in [0.2, 0.25) is 0 Å². The first-order chi connectivity index (χ1) is 33.6. The predicted octanol–water partition coefficient (Wildman–Crippen LogP) is 4.93. The van der Waals surface area contributed by atoms with Crippen molar-refractivity contribution in [2.75, 3.05) is 66.1 Å². The Hall–Kier alpha value is -5.80. The zero-order valence-corrected chi connectivity index (χ0v) is 42.6. The lowest BCUT2D eigenvalue weighted by Gasteiger charge is -2.40. The number of fused-ring (bicyclic) bond motifs is 2. The fourth-order valence-corrected chi connectivity index (χ4v) is 11.0. The molecule has 2 aromatic carbocycles. The zero-order chi connectivity index (χ0) is 49.9. The zero-order valence-electron chi connectivity index (χ0n) is 41.8. The van der Waals surface area contributed by atoms with Crippen LogP contribution in [0.4, 0.5) is 0 Å². The van der Waals surface area contributed by atoms with Gasteiger partial charge in [0.15, 0.2) is 16.8 Å². The lowest BCUT2D eigenvalue weighted by molar-refractivity contribution is 0.0698. The summed E-state index contributed by atoms with van der Waals surface area (Å²) in [6, 6.07) is 10.5. The number of H-pyrrole nitrogens is 2. The van der Waals surface area contributed by atoms with Crippen molar-refractivity contribution < 1.29 is 22.7 Å². The van der Waals surface area contributed by atoms with Gasteiger partial charge < -0.3 is 24.3 Å². The molecule has 2 aliphatic rings. The third kappa shape index (κ3) is 10.8. The summed E-state index contributed by atoms with van der Waals surface area (Å²) in [5, 5.41) is 9.34. The normalized spacial score (nSPS) is 17.2. The molecule has 2 fully saturated rings. The maximum atomic E-state index is 13.9. The van der Waals surface area contributed by atoms with E-state index in [-0.39, 0.29) is 46.1 Å². The maximum Gasteiger partial charge on any atom is 0.277 e. The molecular formula is C50H68N12O7S. The monoisotopic (exact) mass is 981 g/mol. The van der Waals surface area contributed by atoms with Gasteiger partial charge in [-0.25, -0.2) is 23.1 Å². The lowest BCUT2D eigenvalue weighted by atomic mass is 9.95. The number of rotatable bonds is 21. The summed E-state index contributed by atoms with van der Waals surface area (Å²) in [5.74, 6) is 1.54. The van der Waals surface area contributed by atoms with Crippen molar-refractivity contribution in [2.24, 2.45) is 20.0 Å². The highest BCUT2D eigenvalue weighted by Gasteiger charge is 2.29. The minimum absolute atomic E-state index is 0.0451. The molecule has 0 saturated carbocycles. The molecule has 2 saturated heterocycles. The molecule has 3 unspecified atom stereocenters. The number of sulfonamides is 1. The summed E-state index contributed by atoms with van der Waals surface area (Å²) in [6.45, 7) is 15.5. The molecule has 20 heteroatoms. The molecule has 4 aromatic heterocycles. The number of likely N-dealkylation sites (tertiary alicyclic amines) is 1. The van der Waals surface area contributed by atoms with E-state index in [1.807, 2.05) is 13.8 Å². The Bertz CT molecular complexity index is 3080. The highest BCUT2D eigenvalue weighted by molar-refractivity contribution is 7.89. The van der Waals surface area contributed by atoms with Gasteiger partial charge in [-0.15, -0.1) is 0 Å². The van der Waals surface area contributed by atoms with E-state index in [4.69, 9.17) is 24.5 Å². The number of ketones is 1. The number of hydrogen-bond donors (Lipinski definition) is 3. The van der Waals surface area contributed by atoms with Gasteiger partial charge >= 0.3 is 0 Å². The minimum atomic E-state index is -3.88. The van der Waals surface area contributed by atoms with E-state index in [0.717, 1.165) is 51.0 Å². The molecule has 3 N–H and O–H groups in total. The number of piperazine rings is 1. The number of Topliss-reactive ketones (excluding diaryl/α,β-unsaturated/α-hetero) is 1. The second-order valence-electron chi connectivity index (χ2n) is 18.9. The third-order valence-corrected chi connectivity index (χ3v) is 15.4. The Labute approximate surface area is 409 Å². The summed E-state index contributed by atoms with van der Waals surface area (Å²) >= 11 is 0. The standard InChI is InChI=1S/C50H68N12O7S/c1-9-13-38-43-45(59(7)56-38)49(64)54-47(52-43)36-28-33(15-17-41(36)68-11-3)40(63)30-61-22-24-62(25-23-61)32(5)31(4)27-39-44-46(60(8)57-39)50(65)55-48(53-44)37-29-35(16-18-42(37)69-26-10-2)70(66,67)51-20-19-34-14-12-21-58(34)6/h15-18,28-29,31-32,34,51H,9-14,19-27,30H2,1-8H3,(H,52,54,64)(H,53,55,65). The number of aryl methyl sites for hydroxylation is 3. The van der Waals surface area contributed by atoms with E-state index in [0.29, 0.717) is 120 Å². The maximum absolute atomic E-state index is 13.9. The SMILES string of the molecule is CCCOc1ccc(S(=O)(=O)NCCC2CCCN2C)cc1-c1nc2c(CC(C)C(C)N3CCN(CC(=O)c4ccc(OCC)c(-c5nc6c(CCC)nn(C)c6c(=O)[nH]5)c4)CC3)nn(C)c2c(=O)[nH]1. The largest absolute Gasteiger partial charge is 0.493 e. The fourth-order valence-electron chi connectivity index (χ4n) is 9.91. The molecule has 0 spiro atoms. The molecule has 0 amide bonds. The highest BCUT2D eigenvalue weighted by atomic mass is 32.2. The van der Waals surface area contributed by atoms with Crippen molar-refractivity contribution in [3.05, 3.63) is 74.1 Å². The predicted molar refractivity (Wildman–Crippen MR) is 270 cm³/mol. The number of benzene rings is 2. The number of hydrogen-bond acceptors (Lipinski definition) is 14. The van der Waals surface area contributed by atoms with Crippen molar-refractivity contribution in [1.29, 1.82) is 0 Å². The van der Waals surface area contributed by atoms with Crippen molar-refractivity contribution in [3.8, 4) is 34.3 Å². The van der Waals surface area contributed by atoms with Crippen LogP contribution in [-0.2, 0) is 37.0 Å². The first-order valence-electron chi connectivity index (χ1n) is 24.8. The molecule has 8 rings (SSSR count). The summed E-state index contributed by atoms with van der Waals surface area (Å²) < 4.78 is 45.1. The molecule has 19 nitrogen and oxygen atoms in total. The second-order valence-corrected chi connectivity index (χ2v) is 20.7. The van der Waals surface area contributed by atoms with Gasteiger partial charge in [0.05, 0.1) is 47.2 Å². The van der Waals surface area contributed by atoms with Crippen LogP contribution in [0.1, 0.15) is 88.5 Å². The van der Waals surface area contributed by atoms with Crippen molar-refractivity contribution in [3.63, 3.8) is 0 Å². The molecule has 0 aliphatic carbocycles. The van der Waals surface area contributed by atoms with Gasteiger partial charge in [0.25, 0.3) is 11.1 Å². The summed E-state index contributed by atoms with van der Waals surface area (Å²) in [7, 11) is 1.66. The van der Waals surface area contributed by atoms with Gasteiger partial charge in [-0.3, -0.25) is 33.5 Å². The van der Waals surface area contributed by atoms with E-state index < -0.39 is 10.0 Å². The summed E-state index contributed by atoms with van der Waals surface area (Å²) in [5.41, 5.74) is 3.87. The van der Waals surface area contributed by atoms with E-state index in [9.17, 15) is 22.8 Å². The van der Waals surface area contributed by atoms with Crippen molar-refractivity contribution in [1.82, 2.24) is 58.9 Å². The molecule has 2 aliphatic heterocycles. The van der Waals surface area contributed by atoms with Crippen LogP contribution in [0.3, 0.4) is 0 Å². The lowest BCUT2D eigenvalue weighted by Crippen LogP contribution is -2.52. The molecule has 6 heterocycles. The number of carbonyl (C=O) groups excluding carboxylic acids is 1. The molecule has 3 atom stereocenters. The van der Waals surface area contributed by atoms with Crippen LogP contribution in [0.15, 0.2) is 50.9 Å². The van der Waals surface area contributed by atoms with Crippen LogP contribution in [0.5, 0.6) is 11.5 Å². The Balaban J connectivity index is 0.945. The number of nitrogens with one attached hydrogen (secondary N) is 3. The fraction of sp³-hybridized carbons (Fsp3) is 0.540. The van der Waals surface area contributed by atoms with Gasteiger partial charge in [-0.1, -0.05) is 27.2 Å². The van der Waals surface area contributed by atoms with Crippen molar-refractivity contribution >= 4 is 37.9 Å². The number of ether oxygens (including phenoxy) is 2. The Morgan fingerprint density at radius 3 is 2.07 bits per heavy atom. The van der Waals surface area contributed by atoms with Crippen LogP contribution < -0.4 is 25.3 Å². The van der Waals surface area contributed by atoms with Gasteiger partial charge in [0.1, 0.15) is 34.2 Å². The molecule has 0 bridgehead atoms. The Morgan fingerprint density at radius 1 is 0.814 bits per heavy atom. The number of carbonyl (C=O) groups is 1. The number of nitrogens with zero attached hydrogens (tertiary/aromatic N) is 9. The van der Waals surface area contributed by atoms with Crippen molar-refractivity contribution in [2.45, 2.75) is 96.5 Å². The van der Waals surface area contributed by atoms with Gasteiger partial charge in [0.2, 0.25) is 10.0 Å². The van der Waals surface area contributed by atoms with Gasteiger partial charge in [-0.05, 0) is 108 Å². The third-order valence-electron chi connectivity index (χ3n) is 14.0. The Morgan fingerprint density at radius 2 is 1.44 bits per heavy atom. The van der Waals surface area contributed by atoms with Gasteiger partial charge in [-0.2, -0.15) is 10.2 Å². The van der Waals surface area contributed by atoms with Crippen LogP contribution in [-0.4, -0.2) is 147 Å². The Kier molecular flexibility index (Phi) is 15.7. The van der Waals surface area contributed by atoms with Crippen LogP contribution >= 0.6 is 0 Å². The minimum Gasteiger partial charge on any atom is -0.493 e. The van der Waals surface area contributed by atoms with Crippen LogP contribution in [0.25, 0.3) is 44.8 Å². The molecule has 376 valence electrons. The first kappa shape index (κ1) is 50.6. The molecular weight excluding hydrogens is 913 g/mol. The smallest absolute Gasteiger partial charge is 0.277 e. The number of aromatic amines is 2. The quantitative estimate of drug-likeness (QED) is 0.0816. The topological polar surface area (TPSA) is 219 Å². The van der Waals surface area contributed by atoms with E-state index in [2.05, 4.69) is 62.3 Å². The molecule has 70 heavy (non-hydrogen) atoms. The van der Waals surface area contributed by atoms with E-state index in [1.165, 1.54) is 12.1 Å². The van der Waals surface area contributed by atoms with E-state index in [1.54, 1.807) is 47.7 Å². The van der Waals surface area contributed by atoms with Gasteiger partial charge in [0, 0.05) is 64.5 Å². The average Bonchev–Trinajstić information content (AvgIpc) is 4.01. The number of aromatic nitrogens is 8. The summed E-state index contributed by atoms with van der Waals surface area (Å²) in [4.78, 5) is 63.5. The summed E-state index contributed by atoms with van der Waals surface area (Å²) in [6.07, 6.45) is 5.67. The van der Waals surface area contributed by atoms with E-state index >= 15 is 0 Å². The molecule has 6 aromatic rings. The van der Waals surface area contributed by atoms with Crippen LogP contribution in [0, 0.1) is 5.92 Å².